The summed E-state index contributed by atoms with van der Waals surface area (Å²) in [5.41, 5.74) is 2.55. The summed E-state index contributed by atoms with van der Waals surface area (Å²) in [7, 11) is 1.64. The lowest BCUT2D eigenvalue weighted by molar-refractivity contribution is 0.194. The number of methoxy groups -OCH3 is 1. The predicted octanol–water partition coefficient (Wildman–Crippen LogP) is 2.61. The lowest BCUT2D eigenvalue weighted by atomic mass is 10.2. The van der Waals surface area contributed by atoms with E-state index in [0.717, 1.165) is 23.4 Å². The molecule has 22 heavy (non-hydrogen) atoms. The Morgan fingerprint density at radius 3 is 2.68 bits per heavy atom. The smallest absolute Gasteiger partial charge is 0.319 e. The molecule has 2 rings (SSSR count). The molecule has 1 aromatic carbocycles. The first-order valence-corrected chi connectivity index (χ1v) is 7.13. The van der Waals surface area contributed by atoms with Crippen molar-refractivity contribution in [2.24, 2.45) is 0 Å². The number of ether oxygens (including phenoxy) is 1. The summed E-state index contributed by atoms with van der Waals surface area (Å²) in [6.07, 6.45) is 2.52. The minimum absolute atomic E-state index is 0.226. The van der Waals surface area contributed by atoms with Crippen molar-refractivity contribution in [3.63, 3.8) is 0 Å². The molecule has 116 valence electrons. The first kappa shape index (κ1) is 15.9. The molecule has 0 spiro atoms. The van der Waals surface area contributed by atoms with Crippen LogP contribution in [0.25, 0.3) is 11.4 Å². The molecule has 0 aliphatic heterocycles. The molecule has 1 heterocycles. The second kappa shape index (κ2) is 8.09. The van der Waals surface area contributed by atoms with E-state index in [4.69, 9.17) is 4.74 Å². The Morgan fingerprint density at radius 1 is 1.23 bits per heavy atom. The number of anilines is 1. The van der Waals surface area contributed by atoms with Gasteiger partial charge in [-0.25, -0.2) is 14.8 Å². The maximum absolute atomic E-state index is 11.7. The van der Waals surface area contributed by atoms with Crippen molar-refractivity contribution in [1.29, 1.82) is 0 Å². The Labute approximate surface area is 129 Å². The minimum Gasteiger partial charge on any atom is -0.385 e. The monoisotopic (exact) mass is 300 g/mol. The second-order valence-electron chi connectivity index (χ2n) is 4.83. The van der Waals surface area contributed by atoms with Crippen LogP contribution >= 0.6 is 0 Å². The molecule has 0 saturated carbocycles. The molecule has 0 aliphatic rings. The van der Waals surface area contributed by atoms with Crippen molar-refractivity contribution < 1.29 is 9.53 Å². The van der Waals surface area contributed by atoms with Gasteiger partial charge in [0.1, 0.15) is 0 Å². The topological polar surface area (TPSA) is 76.1 Å². The molecular formula is C16H20N4O2. The molecule has 2 amide bonds. The van der Waals surface area contributed by atoms with Crippen molar-refractivity contribution in [1.82, 2.24) is 15.3 Å². The van der Waals surface area contributed by atoms with Crippen LogP contribution in [-0.4, -0.2) is 36.3 Å². The number of hydrogen-bond acceptors (Lipinski definition) is 4. The zero-order chi connectivity index (χ0) is 15.8. The molecule has 1 aromatic heterocycles. The van der Waals surface area contributed by atoms with Gasteiger partial charge in [0, 0.05) is 43.4 Å². The SMILES string of the molecule is COCCCNC(=O)Nc1ccc(-c2nccc(C)n2)cc1. The van der Waals surface area contributed by atoms with Crippen molar-refractivity contribution in [3.05, 3.63) is 42.2 Å². The van der Waals surface area contributed by atoms with Crippen molar-refractivity contribution in [2.45, 2.75) is 13.3 Å². The summed E-state index contributed by atoms with van der Waals surface area (Å²) in [6, 6.07) is 9.05. The van der Waals surface area contributed by atoms with Crippen molar-refractivity contribution >= 4 is 11.7 Å². The summed E-state index contributed by atoms with van der Waals surface area (Å²) < 4.78 is 4.92. The number of carbonyl (C=O) groups excluding carboxylic acids is 1. The third-order valence-corrected chi connectivity index (χ3v) is 3.01. The summed E-state index contributed by atoms with van der Waals surface area (Å²) in [4.78, 5) is 20.3. The Morgan fingerprint density at radius 2 is 2.00 bits per heavy atom. The van der Waals surface area contributed by atoms with E-state index in [9.17, 15) is 4.79 Å². The van der Waals surface area contributed by atoms with Crippen LogP contribution in [0, 0.1) is 6.92 Å². The highest BCUT2D eigenvalue weighted by molar-refractivity contribution is 5.89. The Balaban J connectivity index is 1.90. The number of aryl methyl sites for hydroxylation is 1. The number of rotatable bonds is 6. The molecule has 0 aliphatic carbocycles. The second-order valence-corrected chi connectivity index (χ2v) is 4.83. The number of amides is 2. The number of hydrogen-bond donors (Lipinski definition) is 2. The molecule has 6 nitrogen and oxygen atoms in total. The highest BCUT2D eigenvalue weighted by atomic mass is 16.5. The van der Waals surface area contributed by atoms with Crippen LogP contribution in [0.3, 0.4) is 0 Å². The quantitative estimate of drug-likeness (QED) is 0.804. The number of nitrogens with zero attached hydrogens (tertiary/aromatic N) is 2. The fourth-order valence-electron chi connectivity index (χ4n) is 1.88. The fourth-order valence-corrected chi connectivity index (χ4v) is 1.88. The van der Waals surface area contributed by atoms with Crippen LogP contribution in [0.4, 0.5) is 10.5 Å². The lowest BCUT2D eigenvalue weighted by Crippen LogP contribution is -2.29. The molecule has 0 fully saturated rings. The summed E-state index contributed by atoms with van der Waals surface area (Å²) in [5.74, 6) is 0.676. The molecule has 2 aromatic rings. The fraction of sp³-hybridized carbons (Fsp3) is 0.312. The zero-order valence-corrected chi connectivity index (χ0v) is 12.8. The van der Waals surface area contributed by atoms with Gasteiger partial charge < -0.3 is 15.4 Å². The van der Waals surface area contributed by atoms with E-state index in [1.165, 1.54) is 0 Å². The molecule has 0 bridgehead atoms. The maximum Gasteiger partial charge on any atom is 0.319 e. The van der Waals surface area contributed by atoms with E-state index in [0.29, 0.717) is 19.0 Å². The van der Waals surface area contributed by atoms with Gasteiger partial charge in [-0.2, -0.15) is 0 Å². The number of aromatic nitrogens is 2. The summed E-state index contributed by atoms with van der Waals surface area (Å²) in [5, 5.41) is 5.54. The van der Waals surface area contributed by atoms with Crippen LogP contribution in [0.15, 0.2) is 36.5 Å². The van der Waals surface area contributed by atoms with Crippen LogP contribution in [0.1, 0.15) is 12.1 Å². The Kier molecular flexibility index (Phi) is 5.85. The van der Waals surface area contributed by atoms with Gasteiger partial charge in [-0.3, -0.25) is 0 Å². The van der Waals surface area contributed by atoms with Gasteiger partial charge in [-0.05, 0) is 43.7 Å². The molecule has 0 atom stereocenters. The number of nitrogens with one attached hydrogen (secondary N) is 2. The van der Waals surface area contributed by atoms with E-state index in [2.05, 4.69) is 20.6 Å². The average Bonchev–Trinajstić information content (AvgIpc) is 2.52. The normalized spacial score (nSPS) is 10.3. The Hall–Kier alpha value is -2.47. The molecule has 0 unspecified atom stereocenters. The van der Waals surface area contributed by atoms with Crippen molar-refractivity contribution in [3.8, 4) is 11.4 Å². The number of benzene rings is 1. The highest BCUT2D eigenvalue weighted by Crippen LogP contribution is 2.17. The standard InChI is InChI=1S/C16H20N4O2/c1-12-8-10-17-15(19-12)13-4-6-14(7-5-13)20-16(21)18-9-3-11-22-2/h4-8,10H,3,9,11H2,1-2H3,(H2,18,20,21). The molecule has 6 heteroatoms. The van der Waals surface area contributed by atoms with Crippen molar-refractivity contribution in [2.75, 3.05) is 25.6 Å². The third kappa shape index (κ3) is 4.82. The molecular weight excluding hydrogens is 280 g/mol. The zero-order valence-electron chi connectivity index (χ0n) is 12.8. The van der Waals surface area contributed by atoms with Crippen LogP contribution in [0.5, 0.6) is 0 Å². The van der Waals surface area contributed by atoms with Crippen LogP contribution in [0.2, 0.25) is 0 Å². The first-order chi connectivity index (χ1) is 10.7. The van der Waals surface area contributed by atoms with E-state index < -0.39 is 0 Å². The van der Waals surface area contributed by atoms with Crippen LogP contribution < -0.4 is 10.6 Å². The van der Waals surface area contributed by atoms with Gasteiger partial charge in [-0.1, -0.05) is 0 Å². The van der Waals surface area contributed by atoms with E-state index >= 15 is 0 Å². The third-order valence-electron chi connectivity index (χ3n) is 3.01. The molecule has 2 N–H and O–H groups in total. The van der Waals surface area contributed by atoms with Gasteiger partial charge >= 0.3 is 6.03 Å². The van der Waals surface area contributed by atoms with E-state index in [1.54, 1.807) is 13.3 Å². The van der Waals surface area contributed by atoms with E-state index in [1.807, 2.05) is 37.3 Å². The first-order valence-electron chi connectivity index (χ1n) is 7.13. The maximum atomic E-state index is 11.7. The number of carbonyl (C=O) groups is 1. The predicted molar refractivity (Wildman–Crippen MR) is 85.7 cm³/mol. The van der Waals surface area contributed by atoms with Gasteiger partial charge in [0.15, 0.2) is 5.82 Å². The molecule has 0 saturated heterocycles. The number of urea groups is 1. The average molecular weight is 300 g/mol. The van der Waals surface area contributed by atoms with Crippen LogP contribution in [-0.2, 0) is 4.74 Å². The highest BCUT2D eigenvalue weighted by Gasteiger charge is 2.04. The minimum atomic E-state index is -0.226. The van der Waals surface area contributed by atoms with E-state index in [-0.39, 0.29) is 6.03 Å². The van der Waals surface area contributed by atoms with Gasteiger partial charge in [0.05, 0.1) is 0 Å². The summed E-state index contributed by atoms with van der Waals surface area (Å²) >= 11 is 0. The molecule has 0 radical (unpaired) electrons. The lowest BCUT2D eigenvalue weighted by Gasteiger charge is -2.08. The Bertz CT molecular complexity index is 614. The van der Waals surface area contributed by atoms with Gasteiger partial charge in [0.2, 0.25) is 0 Å². The summed E-state index contributed by atoms with van der Waals surface area (Å²) in [6.45, 7) is 3.13. The van der Waals surface area contributed by atoms with Gasteiger partial charge in [0.25, 0.3) is 0 Å². The largest absolute Gasteiger partial charge is 0.385 e. The van der Waals surface area contributed by atoms with Gasteiger partial charge in [-0.15, -0.1) is 0 Å².